The van der Waals surface area contributed by atoms with Crippen LogP contribution < -0.4 is 11.1 Å². The van der Waals surface area contributed by atoms with E-state index in [9.17, 15) is 9.18 Å². The molecule has 9 heteroatoms. The molecule has 0 radical (unpaired) electrons. The average Bonchev–Trinajstić information content (AvgIpc) is 3.29. The van der Waals surface area contributed by atoms with Gasteiger partial charge in [0.15, 0.2) is 10.9 Å². The number of nitrogens with zero attached hydrogens (tertiary/aromatic N) is 4. The third kappa shape index (κ3) is 3.36. The fraction of sp³-hybridized carbons (Fsp3) is 0.182. The van der Waals surface area contributed by atoms with E-state index in [1.54, 1.807) is 23.0 Å². The second-order valence-electron chi connectivity index (χ2n) is 7.46. The van der Waals surface area contributed by atoms with Crippen molar-refractivity contribution in [3.8, 4) is 27.5 Å². The minimum atomic E-state index is -0.461. The van der Waals surface area contributed by atoms with E-state index in [-0.39, 0.29) is 5.91 Å². The molecule has 0 saturated carbocycles. The standard InChI is InChI=1S/C22H19FN6OS/c1-11-3-4-13(10-25-11)19-15-6-7-17-21(31-22(27-17)26-12(2)30)20(15)29(28-19)18-8-5-14(24)9-16(18)23/h3-5,8-10H,6-7,24H2,1-2H3,(H,26,27,30). The number of carbonyl (C=O) groups is 1. The fourth-order valence-electron chi connectivity index (χ4n) is 3.78. The zero-order chi connectivity index (χ0) is 21.7. The van der Waals surface area contributed by atoms with Crippen LogP contribution >= 0.6 is 11.3 Å². The van der Waals surface area contributed by atoms with Gasteiger partial charge in [0, 0.05) is 35.6 Å². The van der Waals surface area contributed by atoms with Crippen molar-refractivity contribution < 1.29 is 9.18 Å². The van der Waals surface area contributed by atoms with Crippen molar-refractivity contribution in [2.24, 2.45) is 0 Å². The molecule has 31 heavy (non-hydrogen) atoms. The molecule has 156 valence electrons. The first-order valence-electron chi connectivity index (χ1n) is 9.78. The van der Waals surface area contributed by atoms with Crippen molar-refractivity contribution >= 4 is 28.1 Å². The van der Waals surface area contributed by atoms with Gasteiger partial charge in [-0.25, -0.2) is 14.1 Å². The number of pyridine rings is 1. The molecule has 0 bridgehead atoms. The zero-order valence-electron chi connectivity index (χ0n) is 16.9. The number of halogens is 1. The Bertz CT molecular complexity index is 1320. The molecular formula is C22H19FN6OS. The van der Waals surface area contributed by atoms with Gasteiger partial charge < -0.3 is 11.1 Å². The maximum atomic E-state index is 14.9. The Morgan fingerprint density at radius 1 is 1.26 bits per heavy atom. The van der Waals surface area contributed by atoms with Crippen LogP contribution in [0, 0.1) is 12.7 Å². The van der Waals surface area contributed by atoms with Gasteiger partial charge in [0.25, 0.3) is 0 Å². The number of nitrogens with two attached hydrogens (primary N) is 1. The highest BCUT2D eigenvalue weighted by Gasteiger charge is 2.30. The maximum absolute atomic E-state index is 14.9. The molecule has 1 amide bonds. The summed E-state index contributed by atoms with van der Waals surface area (Å²) in [6.45, 7) is 3.37. The summed E-state index contributed by atoms with van der Waals surface area (Å²) in [4.78, 5) is 21.4. The number of hydrogen-bond acceptors (Lipinski definition) is 6. The first kappa shape index (κ1) is 19.4. The summed E-state index contributed by atoms with van der Waals surface area (Å²) in [7, 11) is 0. The van der Waals surface area contributed by atoms with Crippen molar-refractivity contribution in [1.29, 1.82) is 0 Å². The Labute approximate surface area is 181 Å². The predicted molar refractivity (Wildman–Crippen MR) is 119 cm³/mol. The summed E-state index contributed by atoms with van der Waals surface area (Å²) in [5, 5.41) is 8.09. The van der Waals surface area contributed by atoms with Crippen molar-refractivity contribution in [3.05, 3.63) is 59.3 Å². The SMILES string of the molecule is CC(=O)Nc1nc2c(s1)-c1c(c(-c3ccc(C)nc3)nn1-c1ccc(N)cc1F)CC2. The number of amides is 1. The maximum Gasteiger partial charge on any atom is 0.223 e. The third-order valence-corrected chi connectivity index (χ3v) is 6.20. The highest BCUT2D eigenvalue weighted by molar-refractivity contribution is 7.19. The quantitative estimate of drug-likeness (QED) is 0.472. The van der Waals surface area contributed by atoms with Gasteiger partial charge in [-0.3, -0.25) is 9.78 Å². The third-order valence-electron chi connectivity index (χ3n) is 5.18. The van der Waals surface area contributed by atoms with Crippen molar-refractivity contribution in [3.63, 3.8) is 0 Å². The molecule has 1 aliphatic carbocycles. The number of anilines is 2. The van der Waals surface area contributed by atoms with Crippen LogP contribution in [0.1, 0.15) is 23.9 Å². The monoisotopic (exact) mass is 434 g/mol. The first-order chi connectivity index (χ1) is 14.9. The molecule has 0 unspecified atom stereocenters. The predicted octanol–water partition coefficient (Wildman–Crippen LogP) is 4.14. The van der Waals surface area contributed by atoms with E-state index in [2.05, 4.69) is 15.3 Å². The lowest BCUT2D eigenvalue weighted by Gasteiger charge is -2.14. The molecule has 3 aromatic heterocycles. The highest BCUT2D eigenvalue weighted by Crippen LogP contribution is 2.44. The molecule has 1 aromatic carbocycles. The van der Waals surface area contributed by atoms with E-state index in [1.807, 2.05) is 19.1 Å². The van der Waals surface area contributed by atoms with Gasteiger partial charge in [-0.05, 0) is 50.1 Å². The molecular weight excluding hydrogens is 415 g/mol. The van der Waals surface area contributed by atoms with Crippen LogP contribution in [-0.4, -0.2) is 25.7 Å². The smallest absolute Gasteiger partial charge is 0.223 e. The Hall–Kier alpha value is -3.59. The molecule has 5 rings (SSSR count). The number of aryl methyl sites for hydroxylation is 2. The molecule has 0 fully saturated rings. The van der Waals surface area contributed by atoms with Gasteiger partial charge in [-0.1, -0.05) is 11.3 Å². The van der Waals surface area contributed by atoms with E-state index >= 15 is 0 Å². The molecule has 0 saturated heterocycles. The summed E-state index contributed by atoms with van der Waals surface area (Å²) in [6.07, 6.45) is 3.19. The number of hydrogen-bond donors (Lipinski definition) is 2. The highest BCUT2D eigenvalue weighted by atomic mass is 32.1. The molecule has 3 N–H and O–H groups in total. The summed E-state index contributed by atoms with van der Waals surface area (Å²) in [5.74, 6) is -0.645. The fourth-order valence-corrected chi connectivity index (χ4v) is 4.90. The summed E-state index contributed by atoms with van der Waals surface area (Å²) in [5.41, 5.74) is 11.6. The largest absolute Gasteiger partial charge is 0.399 e. The van der Waals surface area contributed by atoms with Crippen LogP contribution in [0.5, 0.6) is 0 Å². The van der Waals surface area contributed by atoms with Gasteiger partial charge in [0.1, 0.15) is 5.69 Å². The van der Waals surface area contributed by atoms with Gasteiger partial charge in [0.2, 0.25) is 5.91 Å². The first-order valence-corrected chi connectivity index (χ1v) is 10.6. The lowest BCUT2D eigenvalue weighted by atomic mass is 9.95. The number of nitrogens with one attached hydrogen (secondary N) is 1. The zero-order valence-corrected chi connectivity index (χ0v) is 17.8. The van der Waals surface area contributed by atoms with Crippen molar-refractivity contribution in [2.75, 3.05) is 11.1 Å². The summed E-state index contributed by atoms with van der Waals surface area (Å²) >= 11 is 1.37. The van der Waals surface area contributed by atoms with E-state index < -0.39 is 5.82 Å². The minimum absolute atomic E-state index is 0.184. The molecule has 1 aliphatic rings. The number of benzene rings is 1. The van der Waals surface area contributed by atoms with Crippen molar-refractivity contribution in [2.45, 2.75) is 26.7 Å². The van der Waals surface area contributed by atoms with Gasteiger partial charge in [-0.2, -0.15) is 5.10 Å². The topological polar surface area (TPSA) is 98.7 Å². The van der Waals surface area contributed by atoms with Crippen molar-refractivity contribution in [1.82, 2.24) is 19.7 Å². The number of nitrogen functional groups attached to an aromatic ring is 1. The lowest BCUT2D eigenvalue weighted by Crippen LogP contribution is -2.07. The van der Waals surface area contributed by atoms with Crippen LogP contribution in [0.25, 0.3) is 27.5 Å². The van der Waals surface area contributed by atoms with Crippen LogP contribution in [0.4, 0.5) is 15.2 Å². The van der Waals surface area contributed by atoms with Gasteiger partial charge in [-0.15, -0.1) is 0 Å². The second kappa shape index (κ2) is 7.28. The van der Waals surface area contributed by atoms with E-state index in [0.29, 0.717) is 29.3 Å². The van der Waals surface area contributed by atoms with E-state index in [1.165, 1.54) is 24.3 Å². The van der Waals surface area contributed by atoms with Gasteiger partial charge in [0.05, 0.1) is 22.0 Å². The van der Waals surface area contributed by atoms with Crippen LogP contribution in [0.15, 0.2) is 36.5 Å². The average molecular weight is 435 g/mol. The molecule has 3 heterocycles. The Kier molecular flexibility index (Phi) is 4.55. The number of carbonyl (C=O) groups excluding carboxylic acids is 1. The Morgan fingerprint density at radius 2 is 2.10 bits per heavy atom. The van der Waals surface area contributed by atoms with Crippen LogP contribution in [0.3, 0.4) is 0 Å². The lowest BCUT2D eigenvalue weighted by molar-refractivity contribution is -0.114. The van der Waals surface area contributed by atoms with E-state index in [4.69, 9.17) is 10.8 Å². The van der Waals surface area contributed by atoms with Crippen LogP contribution in [-0.2, 0) is 17.6 Å². The van der Waals surface area contributed by atoms with Crippen LogP contribution in [0.2, 0.25) is 0 Å². The summed E-state index contributed by atoms with van der Waals surface area (Å²) < 4.78 is 16.5. The van der Waals surface area contributed by atoms with Gasteiger partial charge >= 0.3 is 0 Å². The summed E-state index contributed by atoms with van der Waals surface area (Å²) in [6, 6.07) is 8.47. The second-order valence-corrected chi connectivity index (χ2v) is 8.46. The van der Waals surface area contributed by atoms with E-state index in [0.717, 1.165) is 38.8 Å². The molecule has 4 aromatic rings. The number of rotatable bonds is 3. The Morgan fingerprint density at radius 3 is 2.81 bits per heavy atom. The number of fused-ring (bicyclic) bond motifs is 3. The Balaban J connectivity index is 1.76. The minimum Gasteiger partial charge on any atom is -0.399 e. The number of thiazole rings is 1. The molecule has 0 atom stereocenters. The normalized spacial score (nSPS) is 12.4. The molecule has 7 nitrogen and oxygen atoms in total. The molecule has 0 spiro atoms. The number of aromatic nitrogens is 4. The molecule has 0 aliphatic heterocycles.